The van der Waals surface area contributed by atoms with E-state index in [0.29, 0.717) is 0 Å². The van der Waals surface area contributed by atoms with E-state index in [9.17, 15) is 5.11 Å². The molecule has 2 unspecified atom stereocenters. The van der Waals surface area contributed by atoms with E-state index in [2.05, 4.69) is 31.2 Å². The molecular formula is C18H28O2. The summed E-state index contributed by atoms with van der Waals surface area (Å²) in [5.41, 5.74) is 2.67. The van der Waals surface area contributed by atoms with Gasteiger partial charge in [-0.1, -0.05) is 63.3 Å². The van der Waals surface area contributed by atoms with E-state index < -0.39 is 0 Å². The number of aliphatic hydroxyl groups excluding tert-OH is 1. The van der Waals surface area contributed by atoms with E-state index in [1.807, 2.05) is 0 Å². The Morgan fingerprint density at radius 1 is 1.20 bits per heavy atom. The van der Waals surface area contributed by atoms with Gasteiger partial charge in [-0.05, 0) is 24.0 Å². The Balaban J connectivity index is 1.76. The molecule has 1 aromatic carbocycles. The average Bonchev–Trinajstić information content (AvgIpc) is 2.47. The molecule has 0 saturated heterocycles. The molecule has 112 valence electrons. The monoisotopic (exact) mass is 276 g/mol. The largest absolute Gasteiger partial charge is 0.393 e. The quantitative estimate of drug-likeness (QED) is 0.713. The minimum Gasteiger partial charge on any atom is -0.393 e. The van der Waals surface area contributed by atoms with Gasteiger partial charge in [-0.15, -0.1) is 0 Å². The van der Waals surface area contributed by atoms with Crippen LogP contribution < -0.4 is 0 Å². The fourth-order valence-corrected chi connectivity index (χ4v) is 3.02. The van der Waals surface area contributed by atoms with Crippen molar-refractivity contribution in [1.82, 2.24) is 0 Å². The summed E-state index contributed by atoms with van der Waals surface area (Å²) in [4.78, 5) is 0. The van der Waals surface area contributed by atoms with Crippen molar-refractivity contribution < 1.29 is 9.84 Å². The van der Waals surface area contributed by atoms with Crippen LogP contribution in [0.3, 0.4) is 0 Å². The third kappa shape index (κ3) is 4.60. The molecule has 2 rings (SSSR count). The van der Waals surface area contributed by atoms with Gasteiger partial charge in [-0.3, -0.25) is 0 Å². The van der Waals surface area contributed by atoms with Crippen LogP contribution in [-0.2, 0) is 11.2 Å². The molecule has 0 bridgehead atoms. The molecule has 0 radical (unpaired) electrons. The van der Waals surface area contributed by atoms with Crippen molar-refractivity contribution in [2.24, 2.45) is 0 Å². The van der Waals surface area contributed by atoms with E-state index in [-0.39, 0.29) is 12.2 Å². The van der Waals surface area contributed by atoms with E-state index in [1.54, 1.807) is 0 Å². The number of hydrogen-bond donors (Lipinski definition) is 1. The van der Waals surface area contributed by atoms with Crippen molar-refractivity contribution in [2.45, 2.75) is 70.5 Å². The summed E-state index contributed by atoms with van der Waals surface area (Å²) >= 11 is 0. The Bertz CT molecular complexity index is 389. The molecule has 1 aliphatic heterocycles. The highest BCUT2D eigenvalue weighted by atomic mass is 16.5. The lowest BCUT2D eigenvalue weighted by molar-refractivity contribution is 0.00200. The fraction of sp³-hybridized carbons (Fsp3) is 0.667. The minimum absolute atomic E-state index is 0.0885. The molecule has 1 heterocycles. The molecule has 2 atom stereocenters. The third-order valence-electron chi connectivity index (χ3n) is 4.22. The van der Waals surface area contributed by atoms with Crippen LogP contribution in [0.4, 0.5) is 0 Å². The zero-order valence-electron chi connectivity index (χ0n) is 12.7. The first-order chi connectivity index (χ1) is 9.81. The number of hydrogen-bond acceptors (Lipinski definition) is 2. The van der Waals surface area contributed by atoms with Gasteiger partial charge in [-0.25, -0.2) is 0 Å². The second-order valence-corrected chi connectivity index (χ2v) is 5.90. The molecule has 0 saturated carbocycles. The SMILES string of the molecule is CCCCCCCC(O)CC1OCCc2ccccc21. The lowest BCUT2D eigenvalue weighted by atomic mass is 9.93. The van der Waals surface area contributed by atoms with E-state index in [1.165, 1.54) is 36.8 Å². The van der Waals surface area contributed by atoms with Crippen LogP contribution in [0.2, 0.25) is 0 Å². The molecule has 1 aromatic rings. The van der Waals surface area contributed by atoms with Gasteiger partial charge in [0.2, 0.25) is 0 Å². The van der Waals surface area contributed by atoms with Crippen LogP contribution >= 0.6 is 0 Å². The van der Waals surface area contributed by atoms with E-state index in [4.69, 9.17) is 4.74 Å². The van der Waals surface area contributed by atoms with Crippen molar-refractivity contribution in [3.8, 4) is 0 Å². The Morgan fingerprint density at radius 2 is 2.00 bits per heavy atom. The summed E-state index contributed by atoms with van der Waals surface area (Å²) in [5, 5.41) is 10.2. The normalized spacial score (nSPS) is 19.6. The van der Waals surface area contributed by atoms with Crippen molar-refractivity contribution in [1.29, 1.82) is 0 Å². The number of ether oxygens (including phenoxy) is 1. The number of benzene rings is 1. The molecule has 2 nitrogen and oxygen atoms in total. The molecule has 1 N–H and O–H groups in total. The maximum absolute atomic E-state index is 10.2. The van der Waals surface area contributed by atoms with Gasteiger partial charge in [0.25, 0.3) is 0 Å². The maximum Gasteiger partial charge on any atom is 0.0852 e. The molecule has 0 spiro atoms. The predicted molar refractivity (Wildman–Crippen MR) is 82.8 cm³/mol. The molecule has 0 amide bonds. The third-order valence-corrected chi connectivity index (χ3v) is 4.22. The Kier molecular flexibility index (Phi) is 6.55. The highest BCUT2D eigenvalue weighted by Gasteiger charge is 2.22. The zero-order chi connectivity index (χ0) is 14.2. The van der Waals surface area contributed by atoms with E-state index >= 15 is 0 Å². The molecule has 0 fully saturated rings. The lowest BCUT2D eigenvalue weighted by Gasteiger charge is -2.27. The van der Waals surface area contributed by atoms with Crippen LogP contribution in [0.1, 0.15) is 69.1 Å². The number of rotatable bonds is 8. The van der Waals surface area contributed by atoms with Gasteiger partial charge in [-0.2, -0.15) is 0 Å². The smallest absolute Gasteiger partial charge is 0.0852 e. The number of aliphatic hydroxyl groups is 1. The van der Waals surface area contributed by atoms with Crippen molar-refractivity contribution in [2.75, 3.05) is 6.61 Å². The van der Waals surface area contributed by atoms with Gasteiger partial charge in [0.05, 0.1) is 18.8 Å². The summed E-state index contributed by atoms with van der Waals surface area (Å²) in [6, 6.07) is 8.48. The standard InChI is InChI=1S/C18H28O2/c1-2-3-4-5-6-10-16(19)14-18-17-11-8-7-9-15(17)12-13-20-18/h7-9,11,16,18-19H,2-6,10,12-14H2,1H3. The first kappa shape index (κ1) is 15.5. The highest BCUT2D eigenvalue weighted by molar-refractivity contribution is 5.30. The second-order valence-electron chi connectivity index (χ2n) is 5.90. The van der Waals surface area contributed by atoms with Crippen LogP contribution in [0.15, 0.2) is 24.3 Å². The molecule has 1 aliphatic rings. The molecular weight excluding hydrogens is 248 g/mol. The Morgan fingerprint density at radius 3 is 2.85 bits per heavy atom. The maximum atomic E-state index is 10.2. The molecule has 0 aromatic heterocycles. The molecule has 20 heavy (non-hydrogen) atoms. The summed E-state index contributed by atoms with van der Waals surface area (Å²) in [7, 11) is 0. The summed E-state index contributed by atoms with van der Waals surface area (Å²) in [5.74, 6) is 0. The first-order valence-electron chi connectivity index (χ1n) is 8.18. The number of fused-ring (bicyclic) bond motifs is 1. The first-order valence-corrected chi connectivity index (χ1v) is 8.18. The van der Waals surface area contributed by atoms with Crippen LogP contribution in [0.5, 0.6) is 0 Å². The van der Waals surface area contributed by atoms with Gasteiger partial charge in [0, 0.05) is 6.42 Å². The van der Waals surface area contributed by atoms with Gasteiger partial charge in [0.15, 0.2) is 0 Å². The lowest BCUT2D eigenvalue weighted by Crippen LogP contribution is -2.21. The Hall–Kier alpha value is -0.860. The van der Waals surface area contributed by atoms with Crippen molar-refractivity contribution >= 4 is 0 Å². The molecule has 0 aliphatic carbocycles. The predicted octanol–water partition coefficient (Wildman–Crippen LogP) is 4.41. The average molecular weight is 276 g/mol. The minimum atomic E-state index is -0.229. The van der Waals surface area contributed by atoms with Gasteiger partial charge < -0.3 is 9.84 Å². The number of unbranched alkanes of at least 4 members (excludes halogenated alkanes) is 4. The van der Waals surface area contributed by atoms with Gasteiger partial charge >= 0.3 is 0 Å². The van der Waals surface area contributed by atoms with Crippen LogP contribution in [-0.4, -0.2) is 17.8 Å². The zero-order valence-corrected chi connectivity index (χ0v) is 12.7. The summed E-state index contributed by atoms with van der Waals surface area (Å²) < 4.78 is 5.86. The van der Waals surface area contributed by atoms with Crippen molar-refractivity contribution in [3.63, 3.8) is 0 Å². The van der Waals surface area contributed by atoms with Crippen LogP contribution in [0, 0.1) is 0 Å². The molecule has 2 heteroatoms. The van der Waals surface area contributed by atoms with Crippen molar-refractivity contribution in [3.05, 3.63) is 35.4 Å². The van der Waals surface area contributed by atoms with Gasteiger partial charge in [0.1, 0.15) is 0 Å². The van der Waals surface area contributed by atoms with E-state index in [0.717, 1.165) is 32.3 Å². The summed E-state index contributed by atoms with van der Waals surface area (Å²) in [6.45, 7) is 3.01. The highest BCUT2D eigenvalue weighted by Crippen LogP contribution is 2.31. The Labute approximate surface area is 123 Å². The second kappa shape index (κ2) is 8.43. The summed E-state index contributed by atoms with van der Waals surface area (Å²) in [6.07, 6.45) is 8.77. The fourth-order valence-electron chi connectivity index (χ4n) is 3.02. The van der Waals surface area contributed by atoms with Crippen LogP contribution in [0.25, 0.3) is 0 Å². The topological polar surface area (TPSA) is 29.5 Å².